The van der Waals surface area contributed by atoms with Crippen molar-refractivity contribution >= 4 is 11.5 Å². The van der Waals surface area contributed by atoms with Crippen LogP contribution in [0.3, 0.4) is 0 Å². The van der Waals surface area contributed by atoms with E-state index >= 15 is 0 Å². The van der Waals surface area contributed by atoms with Gasteiger partial charge in [0.2, 0.25) is 11.7 Å². The van der Waals surface area contributed by atoms with Gasteiger partial charge < -0.3 is 14.4 Å². The first-order valence-corrected chi connectivity index (χ1v) is 8.92. The van der Waals surface area contributed by atoms with E-state index in [2.05, 4.69) is 15.1 Å². The summed E-state index contributed by atoms with van der Waals surface area (Å²) < 4.78 is 50.9. The molecule has 0 spiro atoms. The summed E-state index contributed by atoms with van der Waals surface area (Å²) in [5.74, 6) is -0.839. The first-order chi connectivity index (χ1) is 13.7. The largest absolute Gasteiger partial charge is 0.435 e. The smallest absolute Gasteiger partial charge is 0.415 e. The van der Waals surface area contributed by atoms with E-state index in [1.54, 1.807) is 4.90 Å². The van der Waals surface area contributed by atoms with Crippen LogP contribution in [-0.2, 0) is 18.0 Å². The average Bonchev–Trinajstić information content (AvgIpc) is 2.92. The molecule has 164 valence electrons. The quantitative estimate of drug-likeness (QED) is 0.537. The van der Waals surface area contributed by atoms with Crippen LogP contribution in [-0.4, -0.2) is 49.0 Å². The maximum atomic E-state index is 12.9. The predicted molar refractivity (Wildman–Crippen MR) is 98.4 cm³/mol. The van der Waals surface area contributed by atoms with Gasteiger partial charge in [0.05, 0.1) is 16.1 Å². The van der Waals surface area contributed by atoms with Crippen molar-refractivity contribution in [3.63, 3.8) is 0 Å². The van der Waals surface area contributed by atoms with E-state index in [4.69, 9.17) is 9.47 Å². The summed E-state index contributed by atoms with van der Waals surface area (Å²) in [6.07, 6.45) is -3.62. The monoisotopic (exact) mass is 430 g/mol. The Morgan fingerprint density at radius 1 is 1.20 bits per heavy atom. The Kier molecular flexibility index (Phi) is 5.13. The molecular formula is C17H21F3N6O4. The van der Waals surface area contributed by atoms with Crippen molar-refractivity contribution in [3.8, 4) is 11.8 Å². The summed E-state index contributed by atoms with van der Waals surface area (Å²) in [6.45, 7) is 7.99. The molecule has 1 saturated heterocycles. The number of aryl methyl sites for hydroxylation is 1. The molecule has 13 heteroatoms. The van der Waals surface area contributed by atoms with Crippen LogP contribution >= 0.6 is 0 Å². The Balaban J connectivity index is 2.03. The normalized spacial score (nSPS) is 18.3. The summed E-state index contributed by atoms with van der Waals surface area (Å²) >= 11 is 0. The van der Waals surface area contributed by atoms with Crippen LogP contribution in [0.5, 0.6) is 11.8 Å². The number of halogens is 3. The lowest BCUT2D eigenvalue weighted by molar-refractivity contribution is -0.385. The minimum absolute atomic E-state index is 0.00679. The maximum Gasteiger partial charge on any atom is 0.435 e. The van der Waals surface area contributed by atoms with Crippen LogP contribution in [0.4, 0.5) is 24.7 Å². The van der Waals surface area contributed by atoms with Gasteiger partial charge in [-0.05, 0) is 27.7 Å². The van der Waals surface area contributed by atoms with E-state index in [1.807, 2.05) is 27.7 Å². The van der Waals surface area contributed by atoms with E-state index in [0.717, 1.165) is 11.0 Å². The molecular weight excluding hydrogens is 409 g/mol. The van der Waals surface area contributed by atoms with Gasteiger partial charge in [-0.1, -0.05) is 0 Å². The molecule has 0 aromatic carbocycles. The summed E-state index contributed by atoms with van der Waals surface area (Å²) in [5.41, 5.74) is -2.98. The molecule has 0 unspecified atom stereocenters. The molecule has 1 fully saturated rings. The number of ether oxygens (including phenoxy) is 2. The number of morpholine rings is 1. The van der Waals surface area contributed by atoms with Crippen molar-refractivity contribution in [1.82, 2.24) is 19.7 Å². The molecule has 1 aliphatic heterocycles. The second-order valence-corrected chi connectivity index (χ2v) is 8.18. The average molecular weight is 430 g/mol. The van der Waals surface area contributed by atoms with Gasteiger partial charge in [-0.2, -0.15) is 23.3 Å². The van der Waals surface area contributed by atoms with E-state index in [0.29, 0.717) is 19.2 Å². The van der Waals surface area contributed by atoms with Gasteiger partial charge in [-0.3, -0.25) is 10.1 Å². The second-order valence-electron chi connectivity index (χ2n) is 8.18. The zero-order valence-electron chi connectivity index (χ0n) is 17.0. The lowest BCUT2D eigenvalue weighted by atomic mass is 9.99. The van der Waals surface area contributed by atoms with Gasteiger partial charge in [0.25, 0.3) is 0 Å². The standard InChI is InChI=1S/C17H21F3N6O4/c1-15(2)7-25(8-16(3,4)30-15)13-12(26(27)28)14(22-9-21-13)29-11-6-10(17(18,19)20)23-24(11)5/h6,9H,7-8H2,1-5H3. The predicted octanol–water partition coefficient (Wildman–Crippen LogP) is 3.32. The summed E-state index contributed by atoms with van der Waals surface area (Å²) in [5, 5.41) is 15.2. The van der Waals surface area contributed by atoms with Crippen LogP contribution in [0.15, 0.2) is 12.4 Å². The Morgan fingerprint density at radius 3 is 2.30 bits per heavy atom. The van der Waals surface area contributed by atoms with E-state index in [1.165, 1.54) is 7.05 Å². The topological polar surface area (TPSA) is 108 Å². The van der Waals surface area contributed by atoms with Gasteiger partial charge in [0, 0.05) is 26.2 Å². The molecule has 0 atom stereocenters. The number of rotatable bonds is 4. The molecule has 0 bridgehead atoms. The molecule has 30 heavy (non-hydrogen) atoms. The second kappa shape index (κ2) is 7.07. The molecule has 0 amide bonds. The van der Waals surface area contributed by atoms with Crippen molar-refractivity contribution in [3.05, 3.63) is 28.2 Å². The number of aromatic nitrogens is 4. The Morgan fingerprint density at radius 2 is 1.80 bits per heavy atom. The third kappa shape index (κ3) is 4.45. The molecule has 3 rings (SSSR count). The van der Waals surface area contributed by atoms with Gasteiger partial charge in [0.15, 0.2) is 5.69 Å². The van der Waals surface area contributed by atoms with Gasteiger partial charge in [0.1, 0.15) is 6.33 Å². The highest BCUT2D eigenvalue weighted by molar-refractivity contribution is 5.63. The summed E-state index contributed by atoms with van der Waals surface area (Å²) in [7, 11) is 1.23. The molecule has 0 N–H and O–H groups in total. The number of hydrogen-bond donors (Lipinski definition) is 0. The molecule has 0 saturated carbocycles. The van der Waals surface area contributed by atoms with Crippen molar-refractivity contribution in [2.75, 3.05) is 18.0 Å². The first kappa shape index (κ1) is 21.7. The molecule has 0 radical (unpaired) electrons. The Labute approximate surface area is 169 Å². The summed E-state index contributed by atoms with van der Waals surface area (Å²) in [6, 6.07) is 0.645. The highest BCUT2D eigenvalue weighted by Gasteiger charge is 2.42. The molecule has 0 aliphatic carbocycles. The Hall–Kier alpha value is -2.96. The molecule has 2 aromatic heterocycles. The number of alkyl halides is 3. The van der Waals surface area contributed by atoms with Crippen molar-refractivity contribution < 1.29 is 27.6 Å². The SMILES string of the molecule is Cn1nc(C(F)(F)F)cc1Oc1ncnc(N2CC(C)(C)OC(C)(C)C2)c1[N+](=O)[O-]. The Bertz CT molecular complexity index is 957. The van der Waals surface area contributed by atoms with Crippen LogP contribution < -0.4 is 9.64 Å². The number of nitrogens with zero attached hydrogens (tertiary/aromatic N) is 6. The van der Waals surface area contributed by atoms with Crippen molar-refractivity contribution in [2.24, 2.45) is 7.05 Å². The number of nitro groups is 1. The van der Waals surface area contributed by atoms with Crippen LogP contribution in [0.25, 0.3) is 0 Å². The molecule has 3 heterocycles. The van der Waals surface area contributed by atoms with Crippen molar-refractivity contribution in [1.29, 1.82) is 0 Å². The van der Waals surface area contributed by atoms with E-state index in [-0.39, 0.29) is 11.7 Å². The lowest BCUT2D eigenvalue weighted by Crippen LogP contribution is -2.57. The zero-order valence-corrected chi connectivity index (χ0v) is 17.0. The number of anilines is 1. The fourth-order valence-electron chi connectivity index (χ4n) is 3.54. The fourth-order valence-corrected chi connectivity index (χ4v) is 3.54. The molecule has 2 aromatic rings. The molecule has 10 nitrogen and oxygen atoms in total. The third-order valence-corrected chi connectivity index (χ3v) is 4.28. The van der Waals surface area contributed by atoms with Crippen LogP contribution in [0, 0.1) is 10.1 Å². The highest BCUT2D eigenvalue weighted by Crippen LogP contribution is 2.40. The summed E-state index contributed by atoms with van der Waals surface area (Å²) in [4.78, 5) is 20.6. The molecule has 1 aliphatic rings. The fraction of sp³-hybridized carbons (Fsp3) is 0.588. The maximum absolute atomic E-state index is 12.9. The minimum Gasteiger partial charge on any atom is -0.415 e. The van der Waals surface area contributed by atoms with Gasteiger partial charge in [-0.25, -0.2) is 9.67 Å². The third-order valence-electron chi connectivity index (χ3n) is 4.28. The lowest BCUT2D eigenvalue weighted by Gasteiger charge is -2.47. The number of hydrogen-bond acceptors (Lipinski definition) is 8. The van der Waals surface area contributed by atoms with Gasteiger partial charge >= 0.3 is 17.7 Å². The van der Waals surface area contributed by atoms with E-state index in [9.17, 15) is 23.3 Å². The van der Waals surface area contributed by atoms with Gasteiger partial charge in [-0.15, -0.1) is 0 Å². The van der Waals surface area contributed by atoms with E-state index < -0.39 is 39.6 Å². The highest BCUT2D eigenvalue weighted by atomic mass is 19.4. The van der Waals surface area contributed by atoms with Crippen molar-refractivity contribution in [2.45, 2.75) is 45.1 Å². The van der Waals surface area contributed by atoms with Crippen LogP contribution in [0.2, 0.25) is 0 Å². The first-order valence-electron chi connectivity index (χ1n) is 8.92. The zero-order chi connectivity index (χ0) is 22.5. The van der Waals surface area contributed by atoms with Crippen LogP contribution in [0.1, 0.15) is 33.4 Å². The minimum atomic E-state index is -4.69.